The fraction of sp³-hybridized carbons (Fsp3) is 0.211. The van der Waals surface area contributed by atoms with Gasteiger partial charge in [-0.2, -0.15) is 0 Å². The first kappa shape index (κ1) is 19.3. The molecule has 0 saturated carbocycles. The number of aromatic nitrogens is 2. The molecule has 1 heterocycles. The quantitative estimate of drug-likeness (QED) is 0.527. The maximum Gasteiger partial charge on any atom is 0.234 e. The van der Waals surface area contributed by atoms with Crippen molar-refractivity contribution in [3.05, 3.63) is 59.9 Å². The molecular formula is C19H19FN4OS2. The van der Waals surface area contributed by atoms with Crippen molar-refractivity contribution in [3.63, 3.8) is 0 Å². The summed E-state index contributed by atoms with van der Waals surface area (Å²) < 4.78 is 13.6. The third-order valence-corrected chi connectivity index (χ3v) is 5.66. The highest BCUT2D eigenvalue weighted by atomic mass is 32.2. The average molecular weight is 403 g/mol. The van der Waals surface area contributed by atoms with E-state index >= 15 is 0 Å². The Morgan fingerprint density at radius 1 is 1.07 bits per heavy atom. The molecule has 0 saturated heterocycles. The van der Waals surface area contributed by atoms with Crippen LogP contribution in [0, 0.1) is 5.82 Å². The Bertz CT molecular complexity index is 895. The van der Waals surface area contributed by atoms with Gasteiger partial charge in [-0.05, 0) is 47.9 Å². The summed E-state index contributed by atoms with van der Waals surface area (Å²) in [5.41, 5.74) is 2.79. The van der Waals surface area contributed by atoms with Gasteiger partial charge >= 0.3 is 0 Å². The summed E-state index contributed by atoms with van der Waals surface area (Å²) in [5, 5.41) is 14.8. The van der Waals surface area contributed by atoms with E-state index in [9.17, 15) is 9.18 Å². The van der Waals surface area contributed by atoms with Crippen molar-refractivity contribution in [2.75, 3.05) is 16.4 Å². The minimum atomic E-state index is -0.338. The fourth-order valence-electron chi connectivity index (χ4n) is 2.25. The van der Waals surface area contributed by atoms with E-state index < -0.39 is 0 Å². The lowest BCUT2D eigenvalue weighted by Crippen LogP contribution is -2.13. The van der Waals surface area contributed by atoms with Crippen LogP contribution in [-0.2, 0) is 4.79 Å². The van der Waals surface area contributed by atoms with Crippen LogP contribution in [0.1, 0.15) is 25.3 Å². The molecule has 1 amide bonds. The Hall–Kier alpha value is -2.45. The summed E-state index contributed by atoms with van der Waals surface area (Å²) in [5.74, 6) is 0.176. The number of halogens is 1. The zero-order valence-corrected chi connectivity index (χ0v) is 16.5. The molecule has 2 aromatic carbocycles. The van der Waals surface area contributed by atoms with Gasteiger partial charge in [-0.25, -0.2) is 4.39 Å². The Kier molecular flexibility index (Phi) is 6.41. The monoisotopic (exact) mass is 402 g/mol. The van der Waals surface area contributed by atoms with Crippen molar-refractivity contribution < 1.29 is 9.18 Å². The average Bonchev–Trinajstić information content (AvgIpc) is 3.10. The lowest BCUT2D eigenvalue weighted by Gasteiger charge is -2.06. The van der Waals surface area contributed by atoms with E-state index in [0.29, 0.717) is 21.1 Å². The van der Waals surface area contributed by atoms with Crippen LogP contribution in [0.15, 0.2) is 52.9 Å². The number of amides is 1. The topological polar surface area (TPSA) is 66.9 Å². The van der Waals surface area contributed by atoms with E-state index in [2.05, 4.69) is 46.8 Å². The van der Waals surface area contributed by atoms with Crippen LogP contribution in [0.2, 0.25) is 0 Å². The zero-order valence-electron chi connectivity index (χ0n) is 14.9. The fourth-order valence-corrected chi connectivity index (χ4v) is 3.82. The van der Waals surface area contributed by atoms with Crippen molar-refractivity contribution in [2.45, 2.75) is 24.1 Å². The number of rotatable bonds is 7. The zero-order chi connectivity index (χ0) is 19.2. The second kappa shape index (κ2) is 8.96. The molecule has 0 aliphatic rings. The molecule has 0 spiro atoms. The summed E-state index contributed by atoms with van der Waals surface area (Å²) in [4.78, 5) is 12.0. The molecular weight excluding hydrogens is 383 g/mol. The Morgan fingerprint density at radius 3 is 2.41 bits per heavy atom. The van der Waals surface area contributed by atoms with Crippen LogP contribution in [0.3, 0.4) is 0 Å². The van der Waals surface area contributed by atoms with Gasteiger partial charge in [0, 0.05) is 11.4 Å². The van der Waals surface area contributed by atoms with Gasteiger partial charge in [-0.15, -0.1) is 10.2 Å². The van der Waals surface area contributed by atoms with Crippen molar-refractivity contribution in [1.29, 1.82) is 0 Å². The SMILES string of the molecule is CC(C)c1ccc(Nc2nnc(SCC(=O)Nc3ccc(F)cc3)s2)cc1. The Labute approximate surface area is 165 Å². The second-order valence-corrected chi connectivity index (χ2v) is 8.32. The molecule has 2 N–H and O–H groups in total. The van der Waals surface area contributed by atoms with E-state index in [1.54, 1.807) is 0 Å². The molecule has 5 nitrogen and oxygen atoms in total. The van der Waals surface area contributed by atoms with Crippen LogP contribution in [0.5, 0.6) is 0 Å². The maximum atomic E-state index is 12.9. The number of anilines is 3. The molecule has 0 atom stereocenters. The maximum absolute atomic E-state index is 12.9. The lowest BCUT2D eigenvalue weighted by atomic mass is 10.0. The van der Waals surface area contributed by atoms with E-state index in [0.717, 1.165) is 5.69 Å². The van der Waals surface area contributed by atoms with Gasteiger partial charge < -0.3 is 10.6 Å². The van der Waals surface area contributed by atoms with E-state index in [1.807, 2.05) is 12.1 Å². The molecule has 0 aliphatic heterocycles. The molecule has 8 heteroatoms. The summed E-state index contributed by atoms with van der Waals surface area (Å²) in [6.45, 7) is 4.31. The molecule has 0 unspecified atom stereocenters. The van der Waals surface area contributed by atoms with Gasteiger partial charge in [-0.1, -0.05) is 49.1 Å². The Balaban J connectivity index is 1.50. The number of carbonyl (C=O) groups excluding carboxylic acids is 1. The van der Waals surface area contributed by atoms with Crippen LogP contribution in [-0.4, -0.2) is 21.9 Å². The molecule has 0 bridgehead atoms. The van der Waals surface area contributed by atoms with Gasteiger partial charge in [0.25, 0.3) is 0 Å². The first-order chi connectivity index (χ1) is 13.0. The Morgan fingerprint density at radius 2 is 1.74 bits per heavy atom. The molecule has 3 rings (SSSR count). The number of carbonyl (C=O) groups is 1. The molecule has 1 aromatic heterocycles. The van der Waals surface area contributed by atoms with Crippen LogP contribution < -0.4 is 10.6 Å². The van der Waals surface area contributed by atoms with Gasteiger partial charge in [-0.3, -0.25) is 4.79 Å². The number of nitrogens with zero attached hydrogens (tertiary/aromatic N) is 2. The largest absolute Gasteiger partial charge is 0.330 e. The molecule has 0 radical (unpaired) electrons. The third kappa shape index (κ3) is 5.77. The normalized spacial score (nSPS) is 10.8. The smallest absolute Gasteiger partial charge is 0.234 e. The minimum Gasteiger partial charge on any atom is -0.330 e. The molecule has 140 valence electrons. The summed E-state index contributed by atoms with van der Waals surface area (Å²) >= 11 is 2.70. The number of nitrogens with one attached hydrogen (secondary N) is 2. The van der Waals surface area contributed by atoms with E-state index in [-0.39, 0.29) is 17.5 Å². The van der Waals surface area contributed by atoms with Crippen molar-refractivity contribution in [1.82, 2.24) is 10.2 Å². The third-order valence-electron chi connectivity index (χ3n) is 3.69. The number of benzene rings is 2. The molecule has 3 aromatic rings. The highest BCUT2D eigenvalue weighted by molar-refractivity contribution is 8.01. The predicted octanol–water partition coefficient (Wildman–Crippen LogP) is 5.28. The highest BCUT2D eigenvalue weighted by Gasteiger charge is 2.09. The lowest BCUT2D eigenvalue weighted by molar-refractivity contribution is -0.113. The van der Waals surface area contributed by atoms with Gasteiger partial charge in [0.1, 0.15) is 5.82 Å². The van der Waals surface area contributed by atoms with Crippen LogP contribution in [0.25, 0.3) is 0 Å². The van der Waals surface area contributed by atoms with Crippen LogP contribution >= 0.6 is 23.1 Å². The van der Waals surface area contributed by atoms with Crippen molar-refractivity contribution in [3.8, 4) is 0 Å². The first-order valence-corrected chi connectivity index (χ1v) is 10.2. The van der Waals surface area contributed by atoms with Gasteiger partial charge in [0.05, 0.1) is 5.75 Å². The van der Waals surface area contributed by atoms with E-state index in [1.165, 1.54) is 52.9 Å². The summed E-state index contributed by atoms with van der Waals surface area (Å²) in [6, 6.07) is 13.9. The van der Waals surface area contributed by atoms with Gasteiger partial charge in [0.2, 0.25) is 11.0 Å². The number of hydrogen-bond acceptors (Lipinski definition) is 6. The van der Waals surface area contributed by atoms with Gasteiger partial charge in [0.15, 0.2) is 4.34 Å². The standard InChI is InChI=1S/C19H19FN4OS2/c1-12(2)13-3-7-16(8-4-13)22-18-23-24-19(27-18)26-11-17(25)21-15-9-5-14(20)6-10-15/h3-10,12H,11H2,1-2H3,(H,21,25)(H,22,23). The van der Waals surface area contributed by atoms with Crippen LogP contribution in [0.4, 0.5) is 20.9 Å². The minimum absolute atomic E-state index is 0.180. The summed E-state index contributed by atoms with van der Waals surface area (Å²) in [7, 11) is 0. The first-order valence-electron chi connectivity index (χ1n) is 8.38. The predicted molar refractivity (Wildman–Crippen MR) is 109 cm³/mol. The second-order valence-electron chi connectivity index (χ2n) is 6.12. The highest BCUT2D eigenvalue weighted by Crippen LogP contribution is 2.28. The molecule has 0 fully saturated rings. The number of thioether (sulfide) groups is 1. The number of hydrogen-bond donors (Lipinski definition) is 2. The van der Waals surface area contributed by atoms with Crippen molar-refractivity contribution >= 4 is 45.5 Å². The van der Waals surface area contributed by atoms with Crippen molar-refractivity contribution in [2.24, 2.45) is 0 Å². The molecule has 27 heavy (non-hydrogen) atoms. The summed E-state index contributed by atoms with van der Waals surface area (Å²) in [6.07, 6.45) is 0. The van der Waals surface area contributed by atoms with E-state index in [4.69, 9.17) is 0 Å². The molecule has 0 aliphatic carbocycles.